The van der Waals surface area contributed by atoms with Gasteiger partial charge < -0.3 is 10.2 Å². The van der Waals surface area contributed by atoms with Gasteiger partial charge in [-0.2, -0.15) is 5.10 Å². The van der Waals surface area contributed by atoms with Crippen molar-refractivity contribution in [2.75, 3.05) is 18.4 Å². The second-order valence-corrected chi connectivity index (χ2v) is 9.22. The number of piperidine rings is 1. The Hall–Kier alpha value is -2.15. The van der Waals surface area contributed by atoms with Crippen molar-refractivity contribution in [3.05, 3.63) is 46.6 Å². The maximum Gasteiger partial charge on any atom is 0.228 e. The van der Waals surface area contributed by atoms with Gasteiger partial charge >= 0.3 is 0 Å². The van der Waals surface area contributed by atoms with Crippen LogP contribution in [0.4, 0.5) is 5.82 Å². The molecular weight excluding hydrogens is 420 g/mol. The fraction of sp³-hybridized carbons (Fsp3) is 0.476. The quantitative estimate of drug-likeness (QED) is 0.773. The number of hydrogen-bond donors (Lipinski definition) is 1. The van der Waals surface area contributed by atoms with Crippen molar-refractivity contribution in [1.29, 1.82) is 0 Å². The van der Waals surface area contributed by atoms with Gasteiger partial charge in [0.2, 0.25) is 11.8 Å². The highest BCUT2D eigenvalue weighted by atomic mass is 79.9. The fourth-order valence-electron chi connectivity index (χ4n) is 3.37. The molecule has 0 radical (unpaired) electrons. The summed E-state index contributed by atoms with van der Waals surface area (Å²) < 4.78 is 2.82. The maximum absolute atomic E-state index is 12.7. The summed E-state index contributed by atoms with van der Waals surface area (Å²) in [6, 6.07) is 9.85. The van der Waals surface area contributed by atoms with Crippen LogP contribution < -0.4 is 5.32 Å². The van der Waals surface area contributed by atoms with Gasteiger partial charge in [-0.3, -0.25) is 9.59 Å². The van der Waals surface area contributed by atoms with E-state index < -0.39 is 0 Å². The average molecular weight is 447 g/mol. The molecular formula is C21H27BrN4O2. The summed E-state index contributed by atoms with van der Waals surface area (Å²) in [7, 11) is 0. The Morgan fingerprint density at radius 2 is 1.79 bits per heavy atom. The summed E-state index contributed by atoms with van der Waals surface area (Å²) >= 11 is 3.43. The fourth-order valence-corrected chi connectivity index (χ4v) is 3.64. The van der Waals surface area contributed by atoms with Gasteiger partial charge in [-0.05, 0) is 30.5 Å². The van der Waals surface area contributed by atoms with E-state index in [4.69, 9.17) is 0 Å². The van der Waals surface area contributed by atoms with Crippen LogP contribution in [0.2, 0.25) is 0 Å². The van der Waals surface area contributed by atoms with E-state index in [1.165, 1.54) is 0 Å². The van der Waals surface area contributed by atoms with Crippen LogP contribution >= 0.6 is 15.9 Å². The molecule has 0 atom stereocenters. The van der Waals surface area contributed by atoms with Crippen LogP contribution in [0, 0.1) is 11.3 Å². The predicted octanol–water partition coefficient (Wildman–Crippen LogP) is 3.92. The third-order valence-corrected chi connectivity index (χ3v) is 5.54. The first-order chi connectivity index (χ1) is 13.2. The minimum Gasteiger partial charge on any atom is -0.342 e. The topological polar surface area (TPSA) is 67.2 Å². The Morgan fingerprint density at radius 3 is 2.39 bits per heavy atom. The van der Waals surface area contributed by atoms with Gasteiger partial charge in [-0.1, -0.05) is 48.8 Å². The van der Waals surface area contributed by atoms with E-state index in [2.05, 4.69) is 26.3 Å². The molecule has 0 saturated carbocycles. The molecule has 28 heavy (non-hydrogen) atoms. The van der Waals surface area contributed by atoms with Crippen LogP contribution in [0.25, 0.3) is 0 Å². The minimum absolute atomic E-state index is 0.000383. The van der Waals surface area contributed by atoms with E-state index >= 15 is 0 Å². The zero-order valence-corrected chi connectivity index (χ0v) is 18.2. The third kappa shape index (κ3) is 5.01. The molecule has 0 spiro atoms. The number of nitrogens with zero attached hydrogens (tertiary/aromatic N) is 3. The van der Waals surface area contributed by atoms with Gasteiger partial charge in [-0.15, -0.1) is 0 Å². The molecule has 0 bridgehead atoms. The minimum atomic E-state index is -0.380. The van der Waals surface area contributed by atoms with Crippen molar-refractivity contribution in [2.45, 2.75) is 40.2 Å². The SMILES string of the molecule is CC(C)(C)C(=O)N1CCC(C(=O)Nc2ccnn2Cc2ccc(Br)cc2)CC1. The van der Waals surface area contributed by atoms with Crippen molar-refractivity contribution in [2.24, 2.45) is 11.3 Å². The molecule has 3 rings (SSSR count). The van der Waals surface area contributed by atoms with Crippen LogP contribution in [0.3, 0.4) is 0 Å². The number of benzene rings is 1. The Balaban J connectivity index is 1.57. The first-order valence-corrected chi connectivity index (χ1v) is 10.4. The second kappa shape index (κ2) is 8.47. The number of likely N-dealkylation sites (tertiary alicyclic amines) is 1. The van der Waals surface area contributed by atoms with Crippen molar-refractivity contribution >= 4 is 33.6 Å². The summed E-state index contributed by atoms with van der Waals surface area (Å²) in [6.45, 7) is 7.65. The van der Waals surface area contributed by atoms with Crippen LogP contribution in [0.1, 0.15) is 39.2 Å². The number of anilines is 1. The van der Waals surface area contributed by atoms with Crippen molar-refractivity contribution in [1.82, 2.24) is 14.7 Å². The lowest BCUT2D eigenvalue weighted by Gasteiger charge is -2.35. The molecule has 1 aliphatic rings. The molecule has 7 heteroatoms. The van der Waals surface area contributed by atoms with Crippen LogP contribution in [-0.2, 0) is 16.1 Å². The van der Waals surface area contributed by atoms with Crippen molar-refractivity contribution in [3.63, 3.8) is 0 Å². The number of aromatic nitrogens is 2. The molecule has 0 unspecified atom stereocenters. The first-order valence-electron chi connectivity index (χ1n) is 9.60. The predicted molar refractivity (Wildman–Crippen MR) is 113 cm³/mol. The zero-order chi connectivity index (χ0) is 20.3. The summed E-state index contributed by atoms with van der Waals surface area (Å²) in [5, 5.41) is 7.35. The van der Waals surface area contributed by atoms with E-state index in [-0.39, 0.29) is 23.1 Å². The van der Waals surface area contributed by atoms with Crippen molar-refractivity contribution in [3.8, 4) is 0 Å². The lowest BCUT2D eigenvalue weighted by Crippen LogP contribution is -2.45. The monoisotopic (exact) mass is 446 g/mol. The molecule has 2 aromatic rings. The number of amides is 2. The molecule has 0 aliphatic carbocycles. The number of rotatable bonds is 4. The van der Waals surface area contributed by atoms with Gasteiger partial charge in [0.1, 0.15) is 5.82 Å². The standard InChI is InChI=1S/C21H27BrN4O2/c1-21(2,3)20(28)25-12-9-16(10-13-25)19(27)24-18-8-11-23-26(18)14-15-4-6-17(22)7-5-15/h4-8,11,16H,9-10,12-14H2,1-3H3,(H,24,27). The summed E-state index contributed by atoms with van der Waals surface area (Å²) in [4.78, 5) is 27.0. The molecule has 1 fully saturated rings. The van der Waals surface area contributed by atoms with E-state index in [1.54, 1.807) is 10.9 Å². The highest BCUT2D eigenvalue weighted by molar-refractivity contribution is 9.10. The molecule has 2 heterocycles. The molecule has 2 amide bonds. The molecule has 150 valence electrons. The highest BCUT2D eigenvalue weighted by Gasteiger charge is 2.32. The van der Waals surface area contributed by atoms with E-state index in [0.717, 1.165) is 10.0 Å². The van der Waals surface area contributed by atoms with Crippen LogP contribution in [-0.4, -0.2) is 39.6 Å². The maximum atomic E-state index is 12.7. The Kier molecular flexibility index (Phi) is 6.23. The number of hydrogen-bond acceptors (Lipinski definition) is 3. The van der Waals surface area contributed by atoms with Gasteiger partial charge in [0.25, 0.3) is 0 Å². The average Bonchev–Trinajstić information content (AvgIpc) is 3.09. The summed E-state index contributed by atoms with van der Waals surface area (Å²) in [5.74, 6) is 0.764. The molecule has 1 saturated heterocycles. The highest BCUT2D eigenvalue weighted by Crippen LogP contribution is 2.24. The van der Waals surface area contributed by atoms with Crippen LogP contribution in [0.5, 0.6) is 0 Å². The molecule has 6 nitrogen and oxygen atoms in total. The van der Waals surface area contributed by atoms with Gasteiger partial charge in [-0.25, -0.2) is 4.68 Å². The van der Waals surface area contributed by atoms with Gasteiger partial charge in [0.05, 0.1) is 12.7 Å². The number of carbonyl (C=O) groups is 2. The lowest BCUT2D eigenvalue weighted by molar-refractivity contribution is -0.142. The zero-order valence-electron chi connectivity index (χ0n) is 16.6. The third-order valence-electron chi connectivity index (χ3n) is 5.01. The van der Waals surface area contributed by atoms with Gasteiger partial charge in [0, 0.05) is 35.0 Å². The summed E-state index contributed by atoms with van der Waals surface area (Å²) in [6.07, 6.45) is 3.07. The molecule has 1 N–H and O–H groups in total. The normalized spacial score (nSPS) is 15.5. The van der Waals surface area contributed by atoms with Gasteiger partial charge in [0.15, 0.2) is 0 Å². The molecule has 1 aliphatic heterocycles. The van der Waals surface area contributed by atoms with E-state index in [1.807, 2.05) is 56.0 Å². The van der Waals surface area contributed by atoms with Crippen LogP contribution in [0.15, 0.2) is 41.0 Å². The van der Waals surface area contributed by atoms with Crippen molar-refractivity contribution < 1.29 is 9.59 Å². The summed E-state index contributed by atoms with van der Waals surface area (Å²) in [5.41, 5.74) is 0.727. The Labute approximate surface area is 174 Å². The molecule has 1 aromatic heterocycles. The van der Waals surface area contributed by atoms with E-state index in [0.29, 0.717) is 38.3 Å². The second-order valence-electron chi connectivity index (χ2n) is 8.31. The Morgan fingerprint density at radius 1 is 1.14 bits per heavy atom. The first kappa shape index (κ1) is 20.6. The number of nitrogens with one attached hydrogen (secondary N) is 1. The number of halogens is 1. The molecule has 1 aromatic carbocycles. The number of carbonyl (C=O) groups excluding carboxylic acids is 2. The smallest absolute Gasteiger partial charge is 0.228 e. The Bertz CT molecular complexity index is 831. The lowest BCUT2D eigenvalue weighted by atomic mass is 9.90. The van der Waals surface area contributed by atoms with E-state index in [9.17, 15) is 9.59 Å². The largest absolute Gasteiger partial charge is 0.342 e.